The summed E-state index contributed by atoms with van der Waals surface area (Å²) < 4.78 is 15.2. The van der Waals surface area contributed by atoms with Gasteiger partial charge in [-0.3, -0.25) is 0 Å². The van der Waals surface area contributed by atoms with Crippen LogP contribution in [0.2, 0.25) is 0 Å². The van der Waals surface area contributed by atoms with E-state index in [-0.39, 0.29) is 12.4 Å². The van der Waals surface area contributed by atoms with Crippen LogP contribution in [0.1, 0.15) is 36.6 Å². The van der Waals surface area contributed by atoms with Crippen molar-refractivity contribution in [2.75, 3.05) is 5.73 Å². The molecule has 0 fully saturated rings. The minimum absolute atomic E-state index is 0.235. The lowest BCUT2D eigenvalue weighted by Gasteiger charge is -2.05. The first-order valence-electron chi connectivity index (χ1n) is 6.66. The molecule has 1 aromatic carbocycles. The van der Waals surface area contributed by atoms with E-state index < -0.39 is 0 Å². The van der Waals surface area contributed by atoms with Gasteiger partial charge in [0.2, 0.25) is 0 Å². The number of hydrogen-bond donors (Lipinski definition) is 1. The van der Waals surface area contributed by atoms with Gasteiger partial charge in [-0.1, -0.05) is 31.5 Å². The standard InChI is InChI=1S/C15H17FN4/c1-2-3-8-14-12(9-17)15(18)20(19-14)10-11-6-4-5-7-13(11)16/h4-7H,2-3,8,10,18H2,1H3. The van der Waals surface area contributed by atoms with Crippen molar-refractivity contribution in [3.8, 4) is 6.07 Å². The average molecular weight is 272 g/mol. The van der Waals surface area contributed by atoms with Gasteiger partial charge in [0.05, 0.1) is 12.2 Å². The summed E-state index contributed by atoms with van der Waals surface area (Å²) in [6, 6.07) is 8.58. The Morgan fingerprint density at radius 2 is 2.15 bits per heavy atom. The average Bonchev–Trinajstić information content (AvgIpc) is 2.75. The smallest absolute Gasteiger partial charge is 0.140 e. The number of nitriles is 1. The van der Waals surface area contributed by atoms with E-state index >= 15 is 0 Å². The van der Waals surface area contributed by atoms with Crippen LogP contribution in [0.15, 0.2) is 24.3 Å². The summed E-state index contributed by atoms with van der Waals surface area (Å²) in [4.78, 5) is 0. The van der Waals surface area contributed by atoms with Crippen LogP contribution >= 0.6 is 0 Å². The number of benzene rings is 1. The highest BCUT2D eigenvalue weighted by atomic mass is 19.1. The third-order valence-electron chi connectivity index (χ3n) is 3.22. The van der Waals surface area contributed by atoms with E-state index in [4.69, 9.17) is 5.73 Å². The van der Waals surface area contributed by atoms with Gasteiger partial charge < -0.3 is 5.73 Å². The summed E-state index contributed by atoms with van der Waals surface area (Å²) >= 11 is 0. The van der Waals surface area contributed by atoms with Gasteiger partial charge in [-0.25, -0.2) is 9.07 Å². The largest absolute Gasteiger partial charge is 0.383 e. The lowest BCUT2D eigenvalue weighted by molar-refractivity contribution is 0.584. The van der Waals surface area contributed by atoms with Crippen LogP contribution in [-0.4, -0.2) is 9.78 Å². The maximum absolute atomic E-state index is 13.7. The van der Waals surface area contributed by atoms with Crippen molar-refractivity contribution >= 4 is 5.82 Å². The monoisotopic (exact) mass is 272 g/mol. The molecule has 2 aromatic rings. The number of nitrogens with two attached hydrogens (primary N) is 1. The number of halogens is 1. The Morgan fingerprint density at radius 3 is 2.80 bits per heavy atom. The summed E-state index contributed by atoms with van der Waals surface area (Å²) in [5.41, 5.74) is 7.56. The highest BCUT2D eigenvalue weighted by Crippen LogP contribution is 2.19. The maximum Gasteiger partial charge on any atom is 0.140 e. The fraction of sp³-hybridized carbons (Fsp3) is 0.333. The second-order valence-corrected chi connectivity index (χ2v) is 4.67. The lowest BCUT2D eigenvalue weighted by atomic mass is 10.1. The third kappa shape index (κ3) is 2.80. The van der Waals surface area contributed by atoms with Crippen molar-refractivity contribution in [3.05, 3.63) is 46.9 Å². The Bertz CT molecular complexity index is 640. The third-order valence-corrected chi connectivity index (χ3v) is 3.22. The minimum Gasteiger partial charge on any atom is -0.383 e. The predicted molar refractivity (Wildman–Crippen MR) is 75.5 cm³/mol. The van der Waals surface area contributed by atoms with Crippen LogP contribution in [0.5, 0.6) is 0 Å². The van der Waals surface area contributed by atoms with Crippen molar-refractivity contribution in [1.82, 2.24) is 9.78 Å². The predicted octanol–water partition coefficient (Wildman–Crippen LogP) is 2.87. The van der Waals surface area contributed by atoms with Crippen LogP contribution in [0.3, 0.4) is 0 Å². The molecule has 2 rings (SSSR count). The molecule has 0 unspecified atom stereocenters. The zero-order valence-corrected chi connectivity index (χ0v) is 11.4. The van der Waals surface area contributed by atoms with Crippen LogP contribution in [-0.2, 0) is 13.0 Å². The number of aryl methyl sites for hydroxylation is 1. The summed E-state index contributed by atoms with van der Waals surface area (Å²) in [6.45, 7) is 2.31. The number of aromatic nitrogens is 2. The van der Waals surface area contributed by atoms with E-state index in [2.05, 4.69) is 18.1 Å². The van der Waals surface area contributed by atoms with Crippen molar-refractivity contribution in [1.29, 1.82) is 5.26 Å². The van der Waals surface area contributed by atoms with Gasteiger partial charge in [-0.2, -0.15) is 10.4 Å². The molecule has 0 saturated heterocycles. The van der Waals surface area contributed by atoms with Gasteiger partial charge in [-0.05, 0) is 18.9 Å². The zero-order chi connectivity index (χ0) is 14.5. The number of anilines is 1. The minimum atomic E-state index is -0.295. The molecule has 1 aromatic heterocycles. The van der Waals surface area contributed by atoms with E-state index in [1.54, 1.807) is 18.2 Å². The highest BCUT2D eigenvalue weighted by Gasteiger charge is 2.15. The van der Waals surface area contributed by atoms with Gasteiger partial charge >= 0.3 is 0 Å². The normalized spacial score (nSPS) is 10.4. The van der Waals surface area contributed by atoms with E-state index in [1.165, 1.54) is 10.7 Å². The van der Waals surface area contributed by atoms with Crippen molar-refractivity contribution < 1.29 is 4.39 Å². The van der Waals surface area contributed by atoms with E-state index in [1.807, 2.05) is 0 Å². The first kappa shape index (κ1) is 14.1. The quantitative estimate of drug-likeness (QED) is 0.910. The van der Waals surface area contributed by atoms with Crippen LogP contribution in [0, 0.1) is 17.1 Å². The molecular formula is C15H17FN4. The van der Waals surface area contributed by atoms with Crippen LogP contribution < -0.4 is 5.73 Å². The molecular weight excluding hydrogens is 255 g/mol. The summed E-state index contributed by atoms with van der Waals surface area (Å²) in [5, 5.41) is 13.5. The molecule has 0 amide bonds. The first-order valence-corrected chi connectivity index (χ1v) is 6.66. The number of hydrogen-bond acceptors (Lipinski definition) is 3. The first-order chi connectivity index (χ1) is 9.67. The molecule has 5 heteroatoms. The number of nitrogens with zero attached hydrogens (tertiary/aromatic N) is 3. The van der Waals surface area contributed by atoms with Crippen molar-refractivity contribution in [2.45, 2.75) is 32.7 Å². The van der Waals surface area contributed by atoms with Gasteiger partial charge in [0, 0.05) is 5.56 Å². The molecule has 104 valence electrons. The van der Waals surface area contributed by atoms with Gasteiger partial charge in [0.15, 0.2) is 0 Å². The SMILES string of the molecule is CCCCc1nn(Cc2ccccc2F)c(N)c1C#N. The molecule has 20 heavy (non-hydrogen) atoms. The van der Waals surface area contributed by atoms with Gasteiger partial charge in [0.25, 0.3) is 0 Å². The molecule has 0 aliphatic rings. The Hall–Kier alpha value is -2.35. The molecule has 0 bridgehead atoms. The Balaban J connectivity index is 2.31. The maximum atomic E-state index is 13.7. The Kier molecular flexibility index (Phi) is 4.36. The number of rotatable bonds is 5. The summed E-state index contributed by atoms with van der Waals surface area (Å²) in [5.74, 6) is 0.0119. The second-order valence-electron chi connectivity index (χ2n) is 4.67. The molecule has 2 N–H and O–H groups in total. The molecule has 0 aliphatic heterocycles. The lowest BCUT2D eigenvalue weighted by Crippen LogP contribution is -2.07. The highest BCUT2D eigenvalue weighted by molar-refractivity contribution is 5.52. The molecule has 4 nitrogen and oxygen atoms in total. The molecule has 0 aliphatic carbocycles. The van der Waals surface area contributed by atoms with Crippen LogP contribution in [0.4, 0.5) is 10.2 Å². The fourth-order valence-electron chi connectivity index (χ4n) is 2.08. The van der Waals surface area contributed by atoms with E-state index in [0.717, 1.165) is 12.8 Å². The molecule has 0 radical (unpaired) electrons. The summed E-state index contributed by atoms with van der Waals surface area (Å²) in [7, 11) is 0. The fourth-order valence-corrected chi connectivity index (χ4v) is 2.08. The number of unbranched alkanes of at least 4 members (excludes halogenated alkanes) is 1. The molecule has 0 saturated carbocycles. The van der Waals surface area contributed by atoms with Crippen LogP contribution in [0.25, 0.3) is 0 Å². The second kappa shape index (κ2) is 6.20. The molecule has 0 spiro atoms. The molecule has 0 atom stereocenters. The Labute approximate surface area is 117 Å². The topological polar surface area (TPSA) is 67.6 Å². The van der Waals surface area contributed by atoms with Crippen molar-refractivity contribution in [3.63, 3.8) is 0 Å². The zero-order valence-electron chi connectivity index (χ0n) is 11.4. The summed E-state index contributed by atoms with van der Waals surface area (Å²) in [6.07, 6.45) is 2.68. The van der Waals surface area contributed by atoms with Gasteiger partial charge in [0.1, 0.15) is 23.3 Å². The molecule has 1 heterocycles. The van der Waals surface area contributed by atoms with E-state index in [0.29, 0.717) is 29.1 Å². The van der Waals surface area contributed by atoms with E-state index in [9.17, 15) is 9.65 Å². The van der Waals surface area contributed by atoms with Crippen molar-refractivity contribution in [2.24, 2.45) is 0 Å². The number of nitrogen functional groups attached to an aromatic ring is 1. The van der Waals surface area contributed by atoms with Gasteiger partial charge in [-0.15, -0.1) is 0 Å². The Morgan fingerprint density at radius 1 is 1.40 bits per heavy atom.